The SMILES string of the molecule is CCc1nn(CC)c(Cn2cc(CCCCl)nn2)c1Cl. The highest BCUT2D eigenvalue weighted by molar-refractivity contribution is 6.31. The Morgan fingerprint density at radius 2 is 2.10 bits per heavy atom. The van der Waals surface area contributed by atoms with Crippen LogP contribution in [0.1, 0.15) is 37.4 Å². The highest BCUT2D eigenvalue weighted by Crippen LogP contribution is 2.22. The molecular weight excluding hydrogens is 297 g/mol. The van der Waals surface area contributed by atoms with Gasteiger partial charge < -0.3 is 0 Å². The van der Waals surface area contributed by atoms with Crippen LogP contribution in [-0.4, -0.2) is 30.7 Å². The van der Waals surface area contributed by atoms with Crippen molar-refractivity contribution in [3.8, 4) is 0 Å². The van der Waals surface area contributed by atoms with Gasteiger partial charge in [-0.3, -0.25) is 4.68 Å². The van der Waals surface area contributed by atoms with Gasteiger partial charge in [0.25, 0.3) is 0 Å². The number of aryl methyl sites for hydroxylation is 3. The van der Waals surface area contributed by atoms with Crippen LogP contribution in [0.15, 0.2) is 6.20 Å². The highest BCUT2D eigenvalue weighted by atomic mass is 35.5. The Labute approximate surface area is 128 Å². The molecule has 0 spiro atoms. The van der Waals surface area contributed by atoms with Gasteiger partial charge in [-0.15, -0.1) is 16.7 Å². The third-order valence-electron chi connectivity index (χ3n) is 3.16. The molecule has 0 radical (unpaired) electrons. The minimum Gasteiger partial charge on any atom is -0.266 e. The zero-order valence-electron chi connectivity index (χ0n) is 11.8. The summed E-state index contributed by atoms with van der Waals surface area (Å²) < 4.78 is 3.74. The van der Waals surface area contributed by atoms with Crippen LogP contribution >= 0.6 is 23.2 Å². The van der Waals surface area contributed by atoms with E-state index in [-0.39, 0.29) is 0 Å². The Morgan fingerprint density at radius 1 is 1.30 bits per heavy atom. The molecule has 0 aromatic carbocycles. The summed E-state index contributed by atoms with van der Waals surface area (Å²) in [4.78, 5) is 0. The first-order valence-corrected chi connectivity index (χ1v) is 7.79. The fourth-order valence-corrected chi connectivity index (χ4v) is 2.56. The molecule has 0 saturated carbocycles. The van der Waals surface area contributed by atoms with Crippen LogP contribution in [0.5, 0.6) is 0 Å². The Hall–Kier alpha value is -1.07. The largest absolute Gasteiger partial charge is 0.266 e. The van der Waals surface area contributed by atoms with Crippen molar-refractivity contribution in [3.63, 3.8) is 0 Å². The minimum atomic E-state index is 0.591. The summed E-state index contributed by atoms with van der Waals surface area (Å²) in [5.74, 6) is 0.640. The standard InChI is InChI=1S/C13H19Cl2N5/c1-3-11-13(15)12(20(4-2)17-11)9-19-8-10(16-18-19)6-5-7-14/h8H,3-7,9H2,1-2H3. The highest BCUT2D eigenvalue weighted by Gasteiger charge is 2.15. The van der Waals surface area contributed by atoms with Crippen LogP contribution in [0.2, 0.25) is 5.02 Å². The zero-order chi connectivity index (χ0) is 14.5. The van der Waals surface area contributed by atoms with Crippen molar-refractivity contribution in [2.24, 2.45) is 0 Å². The summed E-state index contributed by atoms with van der Waals surface area (Å²) in [6, 6.07) is 0. The van der Waals surface area contributed by atoms with E-state index in [9.17, 15) is 0 Å². The fraction of sp³-hybridized carbons (Fsp3) is 0.615. The number of hydrogen-bond acceptors (Lipinski definition) is 3. The number of nitrogens with zero attached hydrogens (tertiary/aromatic N) is 5. The average Bonchev–Trinajstić information content (AvgIpc) is 3.03. The van der Waals surface area contributed by atoms with E-state index in [1.165, 1.54) is 0 Å². The van der Waals surface area contributed by atoms with Gasteiger partial charge in [-0.2, -0.15) is 5.10 Å². The molecule has 2 rings (SSSR count). The predicted molar refractivity (Wildman–Crippen MR) is 80.5 cm³/mol. The molecule has 0 aliphatic heterocycles. The van der Waals surface area contributed by atoms with Crippen molar-refractivity contribution >= 4 is 23.2 Å². The van der Waals surface area contributed by atoms with Crippen molar-refractivity contribution in [3.05, 3.63) is 28.3 Å². The smallest absolute Gasteiger partial charge is 0.0869 e. The molecule has 0 fully saturated rings. The Balaban J connectivity index is 2.16. The van der Waals surface area contributed by atoms with Gasteiger partial charge >= 0.3 is 0 Å². The topological polar surface area (TPSA) is 48.5 Å². The van der Waals surface area contributed by atoms with E-state index < -0.39 is 0 Å². The average molecular weight is 316 g/mol. The van der Waals surface area contributed by atoms with E-state index in [0.29, 0.717) is 12.4 Å². The van der Waals surface area contributed by atoms with Crippen LogP contribution in [0.3, 0.4) is 0 Å². The molecule has 0 N–H and O–H groups in total. The van der Waals surface area contributed by atoms with Crippen LogP contribution in [0.25, 0.3) is 0 Å². The van der Waals surface area contributed by atoms with Crippen LogP contribution < -0.4 is 0 Å². The van der Waals surface area contributed by atoms with Crippen molar-refractivity contribution in [1.29, 1.82) is 0 Å². The summed E-state index contributed by atoms with van der Waals surface area (Å²) in [5.41, 5.74) is 2.88. The van der Waals surface area contributed by atoms with Crippen molar-refractivity contribution in [2.45, 2.75) is 46.2 Å². The van der Waals surface area contributed by atoms with Gasteiger partial charge in [-0.25, -0.2) is 4.68 Å². The third kappa shape index (κ3) is 3.33. The van der Waals surface area contributed by atoms with Crippen molar-refractivity contribution < 1.29 is 0 Å². The second kappa shape index (κ2) is 7.09. The first-order chi connectivity index (χ1) is 9.69. The molecule has 5 nitrogen and oxygen atoms in total. The van der Waals surface area contributed by atoms with Crippen molar-refractivity contribution in [1.82, 2.24) is 24.8 Å². The van der Waals surface area contributed by atoms with Gasteiger partial charge in [0.1, 0.15) is 0 Å². The third-order valence-corrected chi connectivity index (χ3v) is 3.86. The lowest BCUT2D eigenvalue weighted by atomic mass is 10.3. The van der Waals surface area contributed by atoms with Crippen LogP contribution in [0, 0.1) is 0 Å². The first-order valence-electron chi connectivity index (χ1n) is 6.88. The van der Waals surface area contributed by atoms with Gasteiger partial charge in [0, 0.05) is 18.6 Å². The van der Waals surface area contributed by atoms with E-state index >= 15 is 0 Å². The molecular formula is C13H19Cl2N5. The number of halogens is 2. The van der Waals surface area contributed by atoms with Gasteiger partial charge in [0.2, 0.25) is 0 Å². The lowest BCUT2D eigenvalue weighted by Crippen LogP contribution is -2.08. The molecule has 20 heavy (non-hydrogen) atoms. The summed E-state index contributed by atoms with van der Waals surface area (Å²) in [6.07, 6.45) is 4.54. The summed E-state index contributed by atoms with van der Waals surface area (Å²) >= 11 is 12.1. The van der Waals surface area contributed by atoms with E-state index in [0.717, 1.165) is 47.9 Å². The van der Waals surface area contributed by atoms with Gasteiger partial charge in [-0.05, 0) is 26.2 Å². The number of rotatable bonds is 7. The molecule has 7 heteroatoms. The Bertz CT molecular complexity index is 561. The van der Waals surface area contributed by atoms with E-state index in [4.69, 9.17) is 23.2 Å². The van der Waals surface area contributed by atoms with E-state index in [1.807, 2.05) is 10.9 Å². The fourth-order valence-electron chi connectivity index (χ4n) is 2.10. The Kier molecular flexibility index (Phi) is 5.43. The summed E-state index contributed by atoms with van der Waals surface area (Å²) in [5, 5.41) is 13.5. The normalized spacial score (nSPS) is 11.2. The molecule has 0 aliphatic carbocycles. The molecule has 0 amide bonds. The van der Waals surface area contributed by atoms with Crippen LogP contribution in [0.4, 0.5) is 0 Å². The van der Waals surface area contributed by atoms with E-state index in [2.05, 4.69) is 29.3 Å². The summed E-state index contributed by atoms with van der Waals surface area (Å²) in [6.45, 7) is 5.49. The molecule has 0 saturated heterocycles. The summed E-state index contributed by atoms with van der Waals surface area (Å²) in [7, 11) is 0. The zero-order valence-corrected chi connectivity index (χ0v) is 13.3. The lowest BCUT2D eigenvalue weighted by molar-refractivity contribution is 0.564. The Morgan fingerprint density at radius 3 is 2.75 bits per heavy atom. The van der Waals surface area contributed by atoms with Gasteiger partial charge in [0.15, 0.2) is 0 Å². The number of hydrogen-bond donors (Lipinski definition) is 0. The van der Waals surface area contributed by atoms with E-state index in [1.54, 1.807) is 4.68 Å². The number of alkyl halides is 1. The minimum absolute atomic E-state index is 0.591. The molecule has 0 bridgehead atoms. The second-order valence-electron chi connectivity index (χ2n) is 4.58. The molecule has 2 heterocycles. The molecule has 2 aromatic rings. The second-order valence-corrected chi connectivity index (χ2v) is 5.33. The van der Waals surface area contributed by atoms with Crippen LogP contribution in [-0.2, 0) is 25.9 Å². The maximum atomic E-state index is 6.39. The molecule has 2 aromatic heterocycles. The quantitative estimate of drug-likeness (QED) is 0.738. The monoisotopic (exact) mass is 315 g/mol. The maximum absolute atomic E-state index is 6.39. The van der Waals surface area contributed by atoms with Gasteiger partial charge in [0.05, 0.1) is 28.6 Å². The lowest BCUT2D eigenvalue weighted by Gasteiger charge is -2.04. The predicted octanol–water partition coefficient (Wildman–Crippen LogP) is 2.93. The maximum Gasteiger partial charge on any atom is 0.0869 e. The number of aromatic nitrogens is 5. The molecule has 0 unspecified atom stereocenters. The van der Waals surface area contributed by atoms with Crippen molar-refractivity contribution in [2.75, 3.05) is 5.88 Å². The van der Waals surface area contributed by atoms with Gasteiger partial charge in [-0.1, -0.05) is 23.7 Å². The molecule has 0 aliphatic rings. The molecule has 0 atom stereocenters. The first kappa shape index (κ1) is 15.3. The molecule has 110 valence electrons.